The van der Waals surface area contributed by atoms with Crippen molar-refractivity contribution < 1.29 is 17.9 Å². The maximum atomic E-state index is 12.8. The minimum absolute atomic E-state index is 0.271. The minimum atomic E-state index is -4.20. The molecule has 30 heavy (non-hydrogen) atoms. The summed E-state index contributed by atoms with van der Waals surface area (Å²) in [6.45, 7) is 7.01. The maximum Gasteiger partial charge on any atom is 0.393 e. The zero-order valence-electron chi connectivity index (χ0n) is 17.0. The van der Waals surface area contributed by atoms with Gasteiger partial charge in [0, 0.05) is 49.7 Å². The van der Waals surface area contributed by atoms with E-state index in [-0.39, 0.29) is 5.41 Å². The first-order chi connectivity index (χ1) is 14.4. The summed E-state index contributed by atoms with van der Waals surface area (Å²) in [6, 6.07) is 1.64. The Kier molecular flexibility index (Phi) is 5.39. The SMILES string of the molecule is FC(F)(F)Cc1cc2c(N3CCC4(CCN(CC5CCOCC5)C4)C3)ncnc2s1. The van der Waals surface area contributed by atoms with E-state index >= 15 is 0 Å². The molecule has 9 heteroatoms. The zero-order valence-corrected chi connectivity index (χ0v) is 17.8. The fraction of sp³-hybridized carbons (Fsp3) is 0.714. The van der Waals surface area contributed by atoms with Crippen molar-refractivity contribution in [3.63, 3.8) is 0 Å². The lowest BCUT2D eigenvalue weighted by molar-refractivity contribution is -0.126. The Morgan fingerprint density at radius 2 is 1.93 bits per heavy atom. The lowest BCUT2D eigenvalue weighted by atomic mass is 9.86. The Hall–Kier alpha value is -1.45. The number of aromatic nitrogens is 2. The van der Waals surface area contributed by atoms with E-state index in [9.17, 15) is 13.2 Å². The number of hydrogen-bond acceptors (Lipinski definition) is 6. The van der Waals surface area contributed by atoms with Gasteiger partial charge in [-0.15, -0.1) is 11.3 Å². The van der Waals surface area contributed by atoms with E-state index in [4.69, 9.17) is 4.74 Å². The number of likely N-dealkylation sites (tertiary alicyclic amines) is 1. The van der Waals surface area contributed by atoms with Gasteiger partial charge < -0.3 is 14.5 Å². The Labute approximate surface area is 178 Å². The van der Waals surface area contributed by atoms with Crippen LogP contribution in [0.5, 0.6) is 0 Å². The molecule has 5 rings (SSSR count). The van der Waals surface area contributed by atoms with Crippen molar-refractivity contribution in [2.24, 2.45) is 11.3 Å². The molecular formula is C21H27F3N4OS. The van der Waals surface area contributed by atoms with Gasteiger partial charge in [-0.25, -0.2) is 9.97 Å². The van der Waals surface area contributed by atoms with Crippen LogP contribution in [0, 0.1) is 11.3 Å². The molecular weight excluding hydrogens is 413 g/mol. The summed E-state index contributed by atoms with van der Waals surface area (Å²) in [4.78, 5) is 14.5. The third-order valence-corrected chi connectivity index (χ3v) is 7.89. The largest absolute Gasteiger partial charge is 0.393 e. The summed E-state index contributed by atoms with van der Waals surface area (Å²) in [5, 5.41) is 0.760. The molecule has 164 valence electrons. The Bertz CT molecular complexity index is 898. The first-order valence-corrected chi connectivity index (χ1v) is 11.6. The topological polar surface area (TPSA) is 41.5 Å². The van der Waals surface area contributed by atoms with Crippen molar-refractivity contribution >= 4 is 27.4 Å². The number of alkyl halides is 3. The van der Waals surface area contributed by atoms with Gasteiger partial charge in [0.2, 0.25) is 0 Å². The fourth-order valence-electron chi connectivity index (χ4n) is 5.36. The summed E-state index contributed by atoms with van der Waals surface area (Å²) in [7, 11) is 0. The fourth-order valence-corrected chi connectivity index (χ4v) is 6.38. The molecule has 3 fully saturated rings. The van der Waals surface area contributed by atoms with E-state index in [1.165, 1.54) is 12.7 Å². The summed E-state index contributed by atoms with van der Waals surface area (Å²) >= 11 is 1.12. The van der Waals surface area contributed by atoms with Gasteiger partial charge in [0.25, 0.3) is 0 Å². The molecule has 1 unspecified atom stereocenters. The summed E-state index contributed by atoms with van der Waals surface area (Å²) < 4.78 is 44.0. The second kappa shape index (κ2) is 7.91. The molecule has 3 aliphatic heterocycles. The predicted molar refractivity (Wildman–Crippen MR) is 111 cm³/mol. The maximum absolute atomic E-state index is 12.8. The van der Waals surface area contributed by atoms with Gasteiger partial charge in [-0.05, 0) is 44.2 Å². The highest BCUT2D eigenvalue weighted by Gasteiger charge is 2.44. The lowest BCUT2D eigenvalue weighted by Crippen LogP contribution is -2.34. The Balaban J connectivity index is 1.28. The molecule has 1 spiro atoms. The molecule has 5 heterocycles. The van der Waals surface area contributed by atoms with Crippen LogP contribution in [-0.4, -0.2) is 67.0 Å². The number of nitrogens with zero attached hydrogens (tertiary/aromatic N) is 4. The first-order valence-electron chi connectivity index (χ1n) is 10.7. The standard InChI is InChI=1S/C21H27F3N4OS/c22-21(23,24)10-16-9-17-18(25-14-26-19(17)30-16)28-6-4-20(13-28)3-5-27(12-20)11-15-1-7-29-8-2-15/h9,14-15H,1-8,10-13H2. The molecule has 2 aromatic rings. The van der Waals surface area contributed by atoms with E-state index in [2.05, 4.69) is 19.8 Å². The zero-order chi connectivity index (χ0) is 20.8. The normalized spacial score (nSPS) is 26.4. The quantitative estimate of drug-likeness (QED) is 0.715. The van der Waals surface area contributed by atoms with Crippen LogP contribution in [0.2, 0.25) is 0 Å². The molecule has 5 nitrogen and oxygen atoms in total. The monoisotopic (exact) mass is 440 g/mol. The van der Waals surface area contributed by atoms with Crippen LogP contribution in [0.3, 0.4) is 0 Å². The average Bonchev–Trinajstić information content (AvgIpc) is 3.40. The Morgan fingerprint density at radius 1 is 1.13 bits per heavy atom. The van der Waals surface area contributed by atoms with Gasteiger partial charge in [-0.1, -0.05) is 0 Å². The highest BCUT2D eigenvalue weighted by molar-refractivity contribution is 7.18. The van der Waals surface area contributed by atoms with Crippen molar-refractivity contribution in [2.45, 2.75) is 38.3 Å². The van der Waals surface area contributed by atoms with Crippen molar-refractivity contribution in [3.8, 4) is 0 Å². The highest BCUT2D eigenvalue weighted by atomic mass is 32.1. The number of fused-ring (bicyclic) bond motifs is 1. The van der Waals surface area contributed by atoms with Gasteiger partial charge in [0.05, 0.1) is 11.8 Å². The second-order valence-corrected chi connectivity index (χ2v) is 10.2. The second-order valence-electron chi connectivity index (χ2n) is 9.13. The highest BCUT2D eigenvalue weighted by Crippen LogP contribution is 2.43. The van der Waals surface area contributed by atoms with Crippen LogP contribution in [0.25, 0.3) is 10.2 Å². The van der Waals surface area contributed by atoms with Gasteiger partial charge in [0.15, 0.2) is 0 Å². The van der Waals surface area contributed by atoms with Gasteiger partial charge >= 0.3 is 6.18 Å². The molecule has 0 aliphatic carbocycles. The number of rotatable bonds is 4. The molecule has 0 bridgehead atoms. The van der Waals surface area contributed by atoms with E-state index in [1.54, 1.807) is 6.07 Å². The molecule has 3 saturated heterocycles. The summed E-state index contributed by atoms with van der Waals surface area (Å²) in [5.74, 6) is 1.54. The molecule has 0 N–H and O–H groups in total. The molecule has 2 aromatic heterocycles. The van der Waals surface area contributed by atoms with E-state index in [0.717, 1.165) is 93.7 Å². The van der Waals surface area contributed by atoms with Gasteiger partial charge in [-0.3, -0.25) is 0 Å². The van der Waals surface area contributed by atoms with Crippen LogP contribution < -0.4 is 4.90 Å². The number of hydrogen-bond donors (Lipinski definition) is 0. The van der Waals surface area contributed by atoms with Gasteiger partial charge in [-0.2, -0.15) is 13.2 Å². The predicted octanol–water partition coefficient (Wildman–Crippen LogP) is 4.12. The van der Waals surface area contributed by atoms with Gasteiger partial charge in [0.1, 0.15) is 17.0 Å². The molecule has 3 aliphatic rings. The average molecular weight is 441 g/mol. The van der Waals surface area contributed by atoms with Crippen molar-refractivity contribution in [2.75, 3.05) is 50.8 Å². The number of anilines is 1. The van der Waals surface area contributed by atoms with E-state index in [1.807, 2.05) is 0 Å². The van der Waals surface area contributed by atoms with Crippen molar-refractivity contribution in [1.29, 1.82) is 0 Å². The number of ether oxygens (including phenoxy) is 1. The van der Waals surface area contributed by atoms with Crippen LogP contribution in [0.15, 0.2) is 12.4 Å². The molecule has 0 saturated carbocycles. The Morgan fingerprint density at radius 3 is 2.73 bits per heavy atom. The lowest BCUT2D eigenvalue weighted by Gasteiger charge is -2.29. The summed E-state index contributed by atoms with van der Waals surface area (Å²) in [6.07, 6.45) is 0.997. The van der Waals surface area contributed by atoms with Crippen molar-refractivity contribution in [1.82, 2.24) is 14.9 Å². The van der Waals surface area contributed by atoms with E-state index in [0.29, 0.717) is 9.71 Å². The third kappa shape index (κ3) is 4.29. The van der Waals surface area contributed by atoms with Crippen molar-refractivity contribution in [3.05, 3.63) is 17.3 Å². The summed E-state index contributed by atoms with van der Waals surface area (Å²) in [5.41, 5.74) is 0.271. The molecule has 1 atom stereocenters. The molecule has 0 aromatic carbocycles. The van der Waals surface area contributed by atoms with E-state index < -0.39 is 12.6 Å². The van der Waals surface area contributed by atoms with Crippen LogP contribution in [-0.2, 0) is 11.2 Å². The molecule has 0 radical (unpaired) electrons. The number of thiophene rings is 1. The minimum Gasteiger partial charge on any atom is -0.381 e. The molecule has 0 amide bonds. The number of halogens is 3. The smallest absolute Gasteiger partial charge is 0.381 e. The first kappa shape index (κ1) is 20.5. The third-order valence-electron chi connectivity index (χ3n) is 6.85. The van der Waals surface area contributed by atoms with Crippen LogP contribution in [0.1, 0.15) is 30.6 Å². The van der Waals surface area contributed by atoms with Crippen LogP contribution in [0.4, 0.5) is 19.0 Å². The van der Waals surface area contributed by atoms with Crippen LogP contribution >= 0.6 is 11.3 Å².